The SMILES string of the molecule is Br.NS(=O)(=O)c1ccc(CN2C=CN(C(Cl)C(OCc3ccc(Cl)cc3Cl)c3ccc(Cl)cc3)C2)cc1.O. The number of sulfonamides is 1. The summed E-state index contributed by atoms with van der Waals surface area (Å²) in [6.45, 7) is 1.32. The first kappa shape index (κ1) is 32.7. The van der Waals surface area contributed by atoms with Gasteiger partial charge in [0, 0.05) is 34.0 Å². The standard InChI is InChI=1S/C25H23Cl4N3O3S.BrH.H2O/c26-20-6-3-18(4-7-20)24(35-15-19-5-8-21(27)13-23(19)28)25(29)32-12-11-31(16-32)14-17-1-9-22(10-2-17)36(30,33)34;;/h1-13,24-25H,14-16H2,(H2,30,33,34);1H;1H2. The second kappa shape index (κ2) is 14.2. The monoisotopic (exact) mass is 683 g/mol. The molecule has 0 radical (unpaired) electrons. The zero-order valence-corrected chi connectivity index (χ0v) is 25.4. The molecule has 0 aliphatic carbocycles. The zero-order valence-electron chi connectivity index (χ0n) is 19.8. The molecule has 1 heterocycles. The molecule has 2 unspecified atom stereocenters. The summed E-state index contributed by atoms with van der Waals surface area (Å²) in [5.74, 6) is 0. The van der Waals surface area contributed by atoms with Crippen LogP contribution in [-0.4, -0.2) is 35.9 Å². The fraction of sp³-hybridized carbons (Fsp3) is 0.200. The lowest BCUT2D eigenvalue weighted by Crippen LogP contribution is -2.35. The van der Waals surface area contributed by atoms with E-state index in [1.165, 1.54) is 12.1 Å². The van der Waals surface area contributed by atoms with Crippen LogP contribution in [-0.2, 0) is 27.9 Å². The van der Waals surface area contributed by atoms with Gasteiger partial charge in [-0.05, 0) is 53.1 Å². The molecular weight excluding hydrogens is 660 g/mol. The van der Waals surface area contributed by atoms with Crippen LogP contribution in [0.4, 0.5) is 0 Å². The Morgan fingerprint density at radius 2 is 1.55 bits per heavy atom. The van der Waals surface area contributed by atoms with Crippen molar-refractivity contribution < 1.29 is 18.6 Å². The van der Waals surface area contributed by atoms with Crippen molar-refractivity contribution in [3.8, 4) is 0 Å². The normalized spacial score (nSPS) is 14.6. The maximum atomic E-state index is 11.5. The molecule has 0 saturated heterocycles. The molecule has 0 saturated carbocycles. The Hall–Kier alpha value is -1.53. The second-order valence-electron chi connectivity index (χ2n) is 8.28. The van der Waals surface area contributed by atoms with Gasteiger partial charge in [0.05, 0.1) is 18.2 Å². The minimum Gasteiger partial charge on any atom is -0.412 e. The molecule has 0 amide bonds. The number of hydrogen-bond acceptors (Lipinski definition) is 5. The molecular formula is C25H26BrCl4N3O4S. The van der Waals surface area contributed by atoms with E-state index in [4.69, 9.17) is 56.3 Å². The van der Waals surface area contributed by atoms with E-state index < -0.39 is 21.6 Å². The summed E-state index contributed by atoms with van der Waals surface area (Å²) >= 11 is 25.4. The summed E-state index contributed by atoms with van der Waals surface area (Å²) in [6.07, 6.45) is 3.34. The van der Waals surface area contributed by atoms with Gasteiger partial charge < -0.3 is 20.0 Å². The van der Waals surface area contributed by atoms with Crippen molar-refractivity contribution in [1.29, 1.82) is 0 Å². The largest absolute Gasteiger partial charge is 0.412 e. The second-order valence-corrected chi connectivity index (χ2v) is 11.6. The van der Waals surface area contributed by atoms with Crippen LogP contribution in [0.1, 0.15) is 22.8 Å². The van der Waals surface area contributed by atoms with E-state index in [1.807, 2.05) is 35.5 Å². The number of halogens is 5. The number of alkyl halides is 1. The number of nitrogens with two attached hydrogens (primary N) is 1. The number of rotatable bonds is 9. The minimum absolute atomic E-state index is 0. The summed E-state index contributed by atoms with van der Waals surface area (Å²) < 4.78 is 29.3. The van der Waals surface area contributed by atoms with Crippen molar-refractivity contribution in [3.05, 3.63) is 111 Å². The molecule has 0 fully saturated rings. The summed E-state index contributed by atoms with van der Waals surface area (Å²) in [4.78, 5) is 4.09. The molecule has 0 aromatic heterocycles. The maximum Gasteiger partial charge on any atom is 0.238 e. The van der Waals surface area contributed by atoms with Gasteiger partial charge in [-0.25, -0.2) is 13.6 Å². The molecule has 4 N–H and O–H groups in total. The third-order valence-electron chi connectivity index (χ3n) is 5.65. The average molecular weight is 686 g/mol. The Morgan fingerprint density at radius 1 is 0.921 bits per heavy atom. The average Bonchev–Trinajstić information content (AvgIpc) is 3.29. The molecule has 2 atom stereocenters. The number of benzene rings is 3. The molecule has 1 aliphatic heterocycles. The molecule has 7 nitrogen and oxygen atoms in total. The summed E-state index contributed by atoms with van der Waals surface area (Å²) in [5, 5.41) is 6.86. The molecule has 206 valence electrons. The van der Waals surface area contributed by atoms with E-state index in [-0.39, 0.29) is 34.0 Å². The van der Waals surface area contributed by atoms with Gasteiger partial charge in [0.2, 0.25) is 10.0 Å². The van der Waals surface area contributed by atoms with Crippen LogP contribution >= 0.6 is 63.4 Å². The molecule has 1 aliphatic rings. The highest BCUT2D eigenvalue weighted by atomic mass is 79.9. The lowest BCUT2D eigenvalue weighted by atomic mass is 10.1. The minimum atomic E-state index is -3.73. The first-order chi connectivity index (χ1) is 17.1. The van der Waals surface area contributed by atoms with Gasteiger partial charge in [-0.3, -0.25) is 0 Å². The third-order valence-corrected chi connectivity index (χ3v) is 7.90. The lowest BCUT2D eigenvalue weighted by Gasteiger charge is -2.31. The van der Waals surface area contributed by atoms with Crippen LogP contribution in [0.15, 0.2) is 84.0 Å². The lowest BCUT2D eigenvalue weighted by molar-refractivity contribution is 0.00658. The Balaban J connectivity index is 0.00000253. The number of nitrogens with zero attached hydrogens (tertiary/aromatic N) is 2. The smallest absolute Gasteiger partial charge is 0.238 e. The first-order valence-electron chi connectivity index (χ1n) is 10.8. The topological polar surface area (TPSA) is 107 Å². The fourth-order valence-corrected chi connectivity index (χ4v) is 5.19. The summed E-state index contributed by atoms with van der Waals surface area (Å²) in [6, 6.07) is 19.1. The van der Waals surface area contributed by atoms with E-state index >= 15 is 0 Å². The van der Waals surface area contributed by atoms with E-state index in [1.54, 1.807) is 36.4 Å². The van der Waals surface area contributed by atoms with Gasteiger partial charge in [-0.2, -0.15) is 0 Å². The molecule has 13 heteroatoms. The van der Waals surface area contributed by atoms with Crippen LogP contribution in [0.5, 0.6) is 0 Å². The molecule has 0 spiro atoms. The summed E-state index contributed by atoms with van der Waals surface area (Å²) in [5.41, 5.74) is 2.06. The van der Waals surface area contributed by atoms with Gasteiger partial charge in [0.25, 0.3) is 0 Å². The first-order valence-corrected chi connectivity index (χ1v) is 14.0. The number of ether oxygens (including phenoxy) is 1. The van der Waals surface area contributed by atoms with Crippen molar-refractivity contribution in [3.63, 3.8) is 0 Å². The Kier molecular flexibility index (Phi) is 12.2. The van der Waals surface area contributed by atoms with Crippen LogP contribution in [0.3, 0.4) is 0 Å². The van der Waals surface area contributed by atoms with Crippen LogP contribution < -0.4 is 5.14 Å². The van der Waals surface area contributed by atoms with Gasteiger partial charge in [0.15, 0.2) is 0 Å². The highest BCUT2D eigenvalue weighted by Crippen LogP contribution is 2.33. The third kappa shape index (κ3) is 8.48. The van der Waals surface area contributed by atoms with E-state index in [0.717, 1.165) is 16.7 Å². The Labute approximate surface area is 252 Å². The molecule has 3 aromatic carbocycles. The Morgan fingerprint density at radius 3 is 2.16 bits per heavy atom. The van der Waals surface area contributed by atoms with Crippen LogP contribution in [0.25, 0.3) is 0 Å². The Bertz CT molecular complexity index is 1350. The van der Waals surface area contributed by atoms with Crippen molar-refractivity contribution in [1.82, 2.24) is 9.80 Å². The highest BCUT2D eigenvalue weighted by Gasteiger charge is 2.29. The van der Waals surface area contributed by atoms with Crippen LogP contribution in [0, 0.1) is 0 Å². The number of hydrogen-bond donors (Lipinski definition) is 1. The predicted octanol–water partition coefficient (Wildman–Crippen LogP) is 6.12. The van der Waals surface area contributed by atoms with E-state index in [2.05, 4.69) is 4.90 Å². The number of primary sulfonamides is 1. The van der Waals surface area contributed by atoms with Crippen molar-refractivity contribution in [2.24, 2.45) is 5.14 Å². The van der Waals surface area contributed by atoms with Crippen LogP contribution in [0.2, 0.25) is 15.1 Å². The quantitative estimate of drug-likeness (QED) is 0.216. The van der Waals surface area contributed by atoms with Gasteiger partial charge in [-0.1, -0.05) is 76.7 Å². The predicted molar refractivity (Wildman–Crippen MR) is 158 cm³/mol. The van der Waals surface area contributed by atoms with Crippen molar-refractivity contribution >= 4 is 73.4 Å². The molecule has 4 rings (SSSR count). The van der Waals surface area contributed by atoms with Crippen molar-refractivity contribution in [2.45, 2.75) is 29.7 Å². The van der Waals surface area contributed by atoms with Crippen molar-refractivity contribution in [2.75, 3.05) is 6.67 Å². The van der Waals surface area contributed by atoms with E-state index in [9.17, 15) is 8.42 Å². The summed E-state index contributed by atoms with van der Waals surface area (Å²) in [7, 11) is -3.73. The van der Waals surface area contributed by atoms with Gasteiger partial charge in [0.1, 0.15) is 11.6 Å². The molecule has 38 heavy (non-hydrogen) atoms. The molecule has 3 aromatic rings. The van der Waals surface area contributed by atoms with E-state index in [0.29, 0.717) is 28.3 Å². The van der Waals surface area contributed by atoms with Gasteiger partial charge in [-0.15, -0.1) is 17.0 Å². The maximum absolute atomic E-state index is 11.5. The fourth-order valence-electron chi connectivity index (χ4n) is 3.75. The highest BCUT2D eigenvalue weighted by molar-refractivity contribution is 8.93. The zero-order chi connectivity index (χ0) is 25.9. The molecule has 0 bridgehead atoms. The van der Waals surface area contributed by atoms with Gasteiger partial charge >= 0.3 is 0 Å².